The number of benzene rings is 1. The second-order valence-electron chi connectivity index (χ2n) is 3.81. The molecule has 0 aliphatic carbocycles. The molecule has 0 radical (unpaired) electrons. The van der Waals surface area contributed by atoms with E-state index in [1.165, 1.54) is 22.3 Å². The summed E-state index contributed by atoms with van der Waals surface area (Å²) in [7, 11) is 0. The number of aryl methyl sites for hydroxylation is 1. The molecule has 1 aromatic carbocycles. The van der Waals surface area contributed by atoms with Gasteiger partial charge in [0.05, 0.1) is 12.0 Å². The Hall–Kier alpha value is -1.29. The fraction of sp³-hybridized carbons (Fsp3) is 0.462. The smallest absolute Gasteiger partial charge is 0.0712 e. The van der Waals surface area contributed by atoms with E-state index in [9.17, 15) is 0 Å². The highest BCUT2D eigenvalue weighted by Gasteiger charge is 2.12. The van der Waals surface area contributed by atoms with Crippen molar-refractivity contribution in [2.24, 2.45) is 0 Å². The zero-order valence-corrected chi connectivity index (χ0v) is 9.39. The maximum atomic E-state index is 9.01. The lowest BCUT2D eigenvalue weighted by atomic mass is 9.90. The molecule has 1 nitrogen and oxygen atoms in total. The van der Waals surface area contributed by atoms with Gasteiger partial charge in [0.15, 0.2) is 0 Å². The fourth-order valence-corrected chi connectivity index (χ4v) is 1.74. The Morgan fingerprint density at radius 2 is 1.86 bits per heavy atom. The van der Waals surface area contributed by atoms with Crippen molar-refractivity contribution in [1.82, 2.24) is 0 Å². The zero-order chi connectivity index (χ0) is 10.7. The third-order valence-electron chi connectivity index (χ3n) is 3.04. The average molecular weight is 187 g/mol. The van der Waals surface area contributed by atoms with Crippen LogP contribution in [-0.2, 0) is 0 Å². The summed E-state index contributed by atoms with van der Waals surface area (Å²) in [5.74, 6) is 0.0503. The molecule has 0 aliphatic heterocycles. The molecule has 0 aliphatic rings. The molecule has 0 heterocycles. The van der Waals surface area contributed by atoms with Gasteiger partial charge in [0.25, 0.3) is 0 Å². The van der Waals surface area contributed by atoms with Crippen LogP contribution in [-0.4, -0.2) is 0 Å². The Balaban J connectivity index is 3.24. The van der Waals surface area contributed by atoms with Crippen molar-refractivity contribution < 1.29 is 0 Å². The molecule has 0 amide bonds. The van der Waals surface area contributed by atoms with E-state index in [1.54, 1.807) is 0 Å². The van der Waals surface area contributed by atoms with Crippen molar-refractivity contribution in [3.8, 4) is 6.07 Å². The lowest BCUT2D eigenvalue weighted by Gasteiger charge is -2.14. The van der Waals surface area contributed by atoms with E-state index in [1.807, 2.05) is 0 Å². The standard InChI is InChI=1S/C13H17N/c1-5-12(8-14)13-7-6-9(2)10(3)11(13)4/h6-7,12H,5H2,1-4H3. The Labute approximate surface area is 86.4 Å². The van der Waals surface area contributed by atoms with Crippen molar-refractivity contribution in [2.75, 3.05) is 0 Å². The molecule has 1 heteroatoms. The highest BCUT2D eigenvalue weighted by atomic mass is 14.3. The van der Waals surface area contributed by atoms with Crippen molar-refractivity contribution in [3.63, 3.8) is 0 Å². The van der Waals surface area contributed by atoms with Gasteiger partial charge in [-0.25, -0.2) is 0 Å². The molecule has 1 atom stereocenters. The average Bonchev–Trinajstić information content (AvgIpc) is 2.19. The van der Waals surface area contributed by atoms with Crippen LogP contribution in [0.3, 0.4) is 0 Å². The number of nitrogens with zero attached hydrogens (tertiary/aromatic N) is 1. The molecular formula is C13H17N. The monoisotopic (exact) mass is 187 g/mol. The quantitative estimate of drug-likeness (QED) is 0.693. The molecule has 1 unspecified atom stereocenters. The van der Waals surface area contributed by atoms with Gasteiger partial charge in [0.2, 0.25) is 0 Å². The Morgan fingerprint density at radius 1 is 1.21 bits per heavy atom. The van der Waals surface area contributed by atoms with Crippen LogP contribution in [0.2, 0.25) is 0 Å². The molecule has 1 aromatic rings. The molecule has 0 aromatic heterocycles. The summed E-state index contributed by atoms with van der Waals surface area (Å²) in [4.78, 5) is 0. The van der Waals surface area contributed by atoms with E-state index in [0.717, 1.165) is 6.42 Å². The second kappa shape index (κ2) is 4.28. The molecule has 0 N–H and O–H groups in total. The van der Waals surface area contributed by atoms with Crippen LogP contribution in [0, 0.1) is 32.1 Å². The lowest BCUT2D eigenvalue weighted by molar-refractivity contribution is 0.809. The predicted octanol–water partition coefficient (Wildman–Crippen LogP) is 3.63. The Bertz CT molecular complexity index is 372. The molecular weight excluding hydrogens is 170 g/mol. The van der Waals surface area contributed by atoms with E-state index >= 15 is 0 Å². The largest absolute Gasteiger partial charge is 0.198 e. The molecule has 0 saturated heterocycles. The third kappa shape index (κ3) is 1.80. The van der Waals surface area contributed by atoms with Gasteiger partial charge >= 0.3 is 0 Å². The minimum absolute atomic E-state index is 0.0503. The summed E-state index contributed by atoms with van der Waals surface area (Å²) < 4.78 is 0. The molecule has 0 bridgehead atoms. The minimum Gasteiger partial charge on any atom is -0.198 e. The van der Waals surface area contributed by atoms with Gasteiger partial charge in [-0.15, -0.1) is 0 Å². The van der Waals surface area contributed by atoms with E-state index in [0.29, 0.717) is 0 Å². The molecule has 0 fully saturated rings. The molecule has 1 rings (SSSR count). The predicted molar refractivity (Wildman–Crippen MR) is 59.3 cm³/mol. The Kier molecular flexibility index (Phi) is 3.30. The van der Waals surface area contributed by atoms with Crippen molar-refractivity contribution in [2.45, 2.75) is 40.0 Å². The number of rotatable bonds is 2. The first-order chi connectivity index (χ1) is 6.61. The molecule has 14 heavy (non-hydrogen) atoms. The first kappa shape index (κ1) is 10.8. The molecule has 74 valence electrons. The van der Waals surface area contributed by atoms with Gasteiger partial charge in [-0.1, -0.05) is 19.1 Å². The van der Waals surface area contributed by atoms with Crippen LogP contribution in [0.15, 0.2) is 12.1 Å². The van der Waals surface area contributed by atoms with Crippen LogP contribution in [0.1, 0.15) is 41.5 Å². The summed E-state index contributed by atoms with van der Waals surface area (Å²) in [5, 5.41) is 9.01. The Morgan fingerprint density at radius 3 is 2.36 bits per heavy atom. The number of nitriles is 1. The first-order valence-corrected chi connectivity index (χ1v) is 5.08. The van der Waals surface area contributed by atoms with Crippen LogP contribution >= 0.6 is 0 Å². The summed E-state index contributed by atoms with van der Waals surface area (Å²) in [6, 6.07) is 6.56. The van der Waals surface area contributed by atoms with Gasteiger partial charge < -0.3 is 0 Å². The van der Waals surface area contributed by atoms with Crippen LogP contribution in [0.5, 0.6) is 0 Å². The van der Waals surface area contributed by atoms with Crippen LogP contribution < -0.4 is 0 Å². The highest BCUT2D eigenvalue weighted by molar-refractivity contribution is 5.42. The van der Waals surface area contributed by atoms with Crippen LogP contribution in [0.25, 0.3) is 0 Å². The van der Waals surface area contributed by atoms with Gasteiger partial charge in [-0.05, 0) is 49.4 Å². The van der Waals surface area contributed by atoms with Crippen LogP contribution in [0.4, 0.5) is 0 Å². The zero-order valence-electron chi connectivity index (χ0n) is 9.39. The van der Waals surface area contributed by atoms with Gasteiger partial charge in [0, 0.05) is 0 Å². The maximum absolute atomic E-state index is 9.01. The van der Waals surface area contributed by atoms with Gasteiger partial charge in [0.1, 0.15) is 0 Å². The highest BCUT2D eigenvalue weighted by Crippen LogP contribution is 2.25. The van der Waals surface area contributed by atoms with E-state index in [2.05, 4.69) is 45.9 Å². The number of hydrogen-bond donors (Lipinski definition) is 0. The minimum atomic E-state index is 0.0503. The summed E-state index contributed by atoms with van der Waals surface area (Å²) in [6.07, 6.45) is 0.889. The SMILES string of the molecule is CCC(C#N)c1ccc(C)c(C)c1C. The topological polar surface area (TPSA) is 23.8 Å². The molecule has 0 saturated carbocycles. The third-order valence-corrected chi connectivity index (χ3v) is 3.04. The fourth-order valence-electron chi connectivity index (χ4n) is 1.74. The van der Waals surface area contributed by atoms with E-state index in [4.69, 9.17) is 5.26 Å². The lowest BCUT2D eigenvalue weighted by Crippen LogP contribution is -2.00. The van der Waals surface area contributed by atoms with Gasteiger partial charge in [-0.3, -0.25) is 0 Å². The van der Waals surface area contributed by atoms with Gasteiger partial charge in [-0.2, -0.15) is 5.26 Å². The van der Waals surface area contributed by atoms with E-state index in [-0.39, 0.29) is 5.92 Å². The molecule has 0 spiro atoms. The van der Waals surface area contributed by atoms with Crippen molar-refractivity contribution in [1.29, 1.82) is 5.26 Å². The normalized spacial score (nSPS) is 12.2. The van der Waals surface area contributed by atoms with E-state index < -0.39 is 0 Å². The maximum Gasteiger partial charge on any atom is 0.0712 e. The van der Waals surface area contributed by atoms with Crippen molar-refractivity contribution >= 4 is 0 Å². The summed E-state index contributed by atoms with van der Waals surface area (Å²) in [6.45, 7) is 8.40. The first-order valence-electron chi connectivity index (χ1n) is 5.08. The second-order valence-corrected chi connectivity index (χ2v) is 3.81. The van der Waals surface area contributed by atoms with Crippen molar-refractivity contribution in [3.05, 3.63) is 34.4 Å². The summed E-state index contributed by atoms with van der Waals surface area (Å²) >= 11 is 0. The number of hydrogen-bond acceptors (Lipinski definition) is 1. The summed E-state index contributed by atoms with van der Waals surface area (Å²) in [5.41, 5.74) is 5.09.